The molecule has 2 N–H and O–H groups in total. The molecule has 1 aromatic heterocycles. The summed E-state index contributed by atoms with van der Waals surface area (Å²) in [5, 5.41) is 17.6. The van der Waals surface area contributed by atoms with Crippen molar-refractivity contribution < 1.29 is 19.4 Å². The number of oxazole rings is 1. The predicted octanol–water partition coefficient (Wildman–Crippen LogP) is 0.972. The van der Waals surface area contributed by atoms with Crippen LogP contribution < -0.4 is 4.90 Å². The molecule has 1 aromatic rings. The van der Waals surface area contributed by atoms with Gasteiger partial charge in [-0.2, -0.15) is 4.98 Å². The number of carboxylic acids is 1. The largest absolute Gasteiger partial charge is 0.476 e. The zero-order valence-corrected chi connectivity index (χ0v) is 9.22. The topological polar surface area (TPSA) is 86.8 Å². The Hall–Kier alpha value is -1.56. The summed E-state index contributed by atoms with van der Waals surface area (Å²) < 4.78 is 5.06. The molecule has 6 nitrogen and oxygen atoms in total. The summed E-state index contributed by atoms with van der Waals surface area (Å²) in [6.07, 6.45) is 3.05. The highest BCUT2D eigenvalue weighted by Crippen LogP contribution is 2.14. The molecule has 0 unspecified atom stereocenters. The van der Waals surface area contributed by atoms with Gasteiger partial charge in [-0.25, -0.2) is 4.79 Å². The highest BCUT2D eigenvalue weighted by Gasteiger charge is 2.15. The second-order valence-corrected chi connectivity index (χ2v) is 3.38. The normalized spacial score (nSPS) is 10.4. The van der Waals surface area contributed by atoms with Gasteiger partial charge in [0, 0.05) is 13.1 Å². The SMILES string of the molecule is CCCCN(CCO)c1nc(C(=O)O)co1. The Morgan fingerprint density at radius 2 is 2.31 bits per heavy atom. The number of aliphatic hydroxyl groups excluding tert-OH is 1. The van der Waals surface area contributed by atoms with Gasteiger partial charge in [0.2, 0.25) is 0 Å². The van der Waals surface area contributed by atoms with E-state index in [1.807, 2.05) is 0 Å². The molecule has 0 aromatic carbocycles. The number of aromatic carboxylic acids is 1. The Labute approximate surface area is 93.5 Å². The fourth-order valence-electron chi connectivity index (χ4n) is 1.28. The molecular weight excluding hydrogens is 212 g/mol. The molecule has 1 heterocycles. The number of nitrogens with zero attached hydrogens (tertiary/aromatic N) is 2. The van der Waals surface area contributed by atoms with Crippen molar-refractivity contribution in [3.05, 3.63) is 12.0 Å². The van der Waals surface area contributed by atoms with Gasteiger partial charge in [-0.3, -0.25) is 0 Å². The number of anilines is 1. The van der Waals surface area contributed by atoms with E-state index in [0.29, 0.717) is 13.1 Å². The van der Waals surface area contributed by atoms with Crippen molar-refractivity contribution in [2.45, 2.75) is 19.8 Å². The van der Waals surface area contributed by atoms with Crippen LogP contribution in [0.4, 0.5) is 6.01 Å². The lowest BCUT2D eigenvalue weighted by Crippen LogP contribution is -2.28. The highest BCUT2D eigenvalue weighted by atomic mass is 16.4. The fourth-order valence-corrected chi connectivity index (χ4v) is 1.28. The average Bonchev–Trinajstić information content (AvgIpc) is 2.73. The van der Waals surface area contributed by atoms with Gasteiger partial charge in [0.1, 0.15) is 6.26 Å². The van der Waals surface area contributed by atoms with Crippen LogP contribution >= 0.6 is 0 Å². The first-order chi connectivity index (χ1) is 7.69. The molecule has 0 bridgehead atoms. The maximum absolute atomic E-state index is 10.6. The second-order valence-electron chi connectivity index (χ2n) is 3.38. The van der Waals surface area contributed by atoms with E-state index in [1.165, 1.54) is 0 Å². The number of hydrogen-bond acceptors (Lipinski definition) is 5. The van der Waals surface area contributed by atoms with Crippen molar-refractivity contribution >= 4 is 12.0 Å². The Kier molecular flexibility index (Phi) is 4.78. The first-order valence-corrected chi connectivity index (χ1v) is 5.23. The number of aliphatic hydroxyl groups is 1. The summed E-state index contributed by atoms with van der Waals surface area (Å²) in [6, 6.07) is 0.250. The lowest BCUT2D eigenvalue weighted by Gasteiger charge is -2.18. The summed E-state index contributed by atoms with van der Waals surface area (Å²) in [7, 11) is 0. The van der Waals surface area contributed by atoms with Crippen molar-refractivity contribution in [1.29, 1.82) is 0 Å². The lowest BCUT2D eigenvalue weighted by molar-refractivity contribution is 0.0690. The third kappa shape index (κ3) is 3.23. The smallest absolute Gasteiger partial charge is 0.357 e. The maximum Gasteiger partial charge on any atom is 0.357 e. The van der Waals surface area contributed by atoms with Crippen molar-refractivity contribution in [3.63, 3.8) is 0 Å². The van der Waals surface area contributed by atoms with Crippen LogP contribution in [-0.2, 0) is 0 Å². The minimum atomic E-state index is -1.12. The van der Waals surface area contributed by atoms with Crippen molar-refractivity contribution in [2.75, 3.05) is 24.6 Å². The second kappa shape index (κ2) is 6.12. The van der Waals surface area contributed by atoms with Gasteiger partial charge in [0.15, 0.2) is 5.69 Å². The standard InChI is InChI=1S/C10H16N2O4/c1-2-3-4-12(5-6-13)10-11-8(7-16-10)9(14)15/h7,13H,2-6H2,1H3,(H,14,15). The number of carbonyl (C=O) groups is 1. The molecule has 0 spiro atoms. The summed E-state index contributed by atoms with van der Waals surface area (Å²) in [5.41, 5.74) is -0.116. The Morgan fingerprint density at radius 1 is 1.56 bits per heavy atom. The molecule has 0 radical (unpaired) electrons. The van der Waals surface area contributed by atoms with Crippen LogP contribution in [0.15, 0.2) is 10.7 Å². The summed E-state index contributed by atoms with van der Waals surface area (Å²) >= 11 is 0. The first kappa shape index (κ1) is 12.5. The van der Waals surface area contributed by atoms with E-state index in [0.717, 1.165) is 19.1 Å². The van der Waals surface area contributed by atoms with Gasteiger partial charge < -0.3 is 19.5 Å². The zero-order chi connectivity index (χ0) is 12.0. The number of aromatic nitrogens is 1. The molecule has 0 atom stereocenters. The van der Waals surface area contributed by atoms with E-state index in [2.05, 4.69) is 11.9 Å². The van der Waals surface area contributed by atoms with Crippen LogP contribution in [0, 0.1) is 0 Å². The Balaban J connectivity index is 2.71. The summed E-state index contributed by atoms with van der Waals surface area (Å²) in [4.78, 5) is 16.2. The van der Waals surface area contributed by atoms with Gasteiger partial charge in [-0.1, -0.05) is 13.3 Å². The van der Waals surface area contributed by atoms with E-state index in [1.54, 1.807) is 4.90 Å². The molecule has 0 aliphatic heterocycles. The van der Waals surface area contributed by atoms with E-state index in [4.69, 9.17) is 14.6 Å². The van der Waals surface area contributed by atoms with Gasteiger partial charge >= 0.3 is 5.97 Å². The monoisotopic (exact) mass is 228 g/mol. The Morgan fingerprint density at radius 3 is 2.81 bits per heavy atom. The van der Waals surface area contributed by atoms with E-state index < -0.39 is 5.97 Å². The quantitative estimate of drug-likeness (QED) is 0.723. The minimum absolute atomic E-state index is 0.0193. The maximum atomic E-state index is 10.6. The first-order valence-electron chi connectivity index (χ1n) is 5.23. The van der Waals surface area contributed by atoms with Crippen LogP contribution in [0.25, 0.3) is 0 Å². The lowest BCUT2D eigenvalue weighted by atomic mass is 10.3. The number of rotatable bonds is 7. The van der Waals surface area contributed by atoms with Crippen LogP contribution in [-0.4, -0.2) is 40.9 Å². The van der Waals surface area contributed by atoms with Crippen molar-refractivity contribution in [3.8, 4) is 0 Å². The molecule has 1 rings (SSSR count). The third-order valence-corrected chi connectivity index (χ3v) is 2.13. The summed E-state index contributed by atoms with van der Waals surface area (Å²) in [5.74, 6) is -1.12. The average molecular weight is 228 g/mol. The van der Waals surface area contributed by atoms with E-state index in [-0.39, 0.29) is 18.3 Å². The van der Waals surface area contributed by atoms with E-state index in [9.17, 15) is 4.79 Å². The number of carboxylic acid groups (broad SMARTS) is 1. The van der Waals surface area contributed by atoms with Crippen LogP contribution in [0.3, 0.4) is 0 Å². The van der Waals surface area contributed by atoms with E-state index >= 15 is 0 Å². The van der Waals surface area contributed by atoms with Crippen LogP contribution in [0.5, 0.6) is 0 Å². The fraction of sp³-hybridized carbons (Fsp3) is 0.600. The van der Waals surface area contributed by atoms with Crippen molar-refractivity contribution in [1.82, 2.24) is 4.98 Å². The van der Waals surface area contributed by atoms with Crippen LogP contribution in [0.1, 0.15) is 30.3 Å². The third-order valence-electron chi connectivity index (χ3n) is 2.13. The van der Waals surface area contributed by atoms with Crippen LogP contribution in [0.2, 0.25) is 0 Å². The molecular formula is C10H16N2O4. The zero-order valence-electron chi connectivity index (χ0n) is 9.22. The highest BCUT2D eigenvalue weighted by molar-refractivity contribution is 5.85. The minimum Gasteiger partial charge on any atom is -0.476 e. The van der Waals surface area contributed by atoms with Gasteiger partial charge in [0.05, 0.1) is 6.61 Å². The van der Waals surface area contributed by atoms with Gasteiger partial charge in [0.25, 0.3) is 6.01 Å². The molecule has 0 saturated carbocycles. The Bertz CT molecular complexity index is 337. The molecule has 0 fully saturated rings. The van der Waals surface area contributed by atoms with Gasteiger partial charge in [-0.05, 0) is 6.42 Å². The van der Waals surface area contributed by atoms with Crippen molar-refractivity contribution in [2.24, 2.45) is 0 Å². The molecule has 0 saturated heterocycles. The molecule has 0 aliphatic carbocycles. The molecule has 16 heavy (non-hydrogen) atoms. The van der Waals surface area contributed by atoms with Gasteiger partial charge in [-0.15, -0.1) is 0 Å². The predicted molar refractivity (Wildman–Crippen MR) is 57.7 cm³/mol. The number of hydrogen-bond donors (Lipinski definition) is 2. The summed E-state index contributed by atoms with van der Waals surface area (Å²) in [6.45, 7) is 3.11. The molecule has 90 valence electrons. The molecule has 0 amide bonds. The molecule has 0 aliphatic rings. The number of unbranched alkanes of at least 4 members (excludes halogenated alkanes) is 1. The molecule has 6 heteroatoms.